The summed E-state index contributed by atoms with van der Waals surface area (Å²) in [4.78, 5) is 29.0. The summed E-state index contributed by atoms with van der Waals surface area (Å²) < 4.78 is 0.725. The number of nitrogens with zero attached hydrogens (tertiary/aromatic N) is 2. The summed E-state index contributed by atoms with van der Waals surface area (Å²) in [6, 6.07) is 25.2. The van der Waals surface area contributed by atoms with Crippen molar-refractivity contribution in [2.75, 3.05) is 36.4 Å². The number of hydrogen-bond donors (Lipinski definition) is 2. The highest BCUT2D eigenvalue weighted by atomic mass is 79.9. The number of hydrogen-bond acceptors (Lipinski definition) is 4. The van der Waals surface area contributed by atoms with Crippen LogP contribution in [0.4, 0.5) is 11.4 Å². The normalized spacial score (nSPS) is 14.5. The van der Waals surface area contributed by atoms with E-state index < -0.39 is 6.10 Å². The van der Waals surface area contributed by atoms with Gasteiger partial charge in [0.25, 0.3) is 5.91 Å². The Bertz CT molecular complexity index is 1130. The highest BCUT2D eigenvalue weighted by Crippen LogP contribution is 2.26. The second-order valence-corrected chi connectivity index (χ2v) is 9.52. The summed E-state index contributed by atoms with van der Waals surface area (Å²) in [6.07, 6.45) is 1.01. The van der Waals surface area contributed by atoms with E-state index in [1.165, 1.54) is 5.56 Å². The summed E-state index contributed by atoms with van der Waals surface area (Å²) in [6.45, 7) is 2.44. The molecule has 1 heterocycles. The number of carbonyl (C=O) groups excluding carboxylic acids is 2. The fraction of sp³-hybridized carbons (Fsp3) is 0.286. The first kappa shape index (κ1) is 24.9. The Morgan fingerprint density at radius 3 is 2.23 bits per heavy atom. The van der Waals surface area contributed by atoms with Crippen molar-refractivity contribution in [3.05, 3.63) is 94.5 Å². The molecule has 0 aromatic heterocycles. The fourth-order valence-electron chi connectivity index (χ4n) is 4.26. The van der Waals surface area contributed by atoms with Crippen LogP contribution in [-0.4, -0.2) is 48.0 Å². The Morgan fingerprint density at radius 1 is 0.886 bits per heavy atom. The van der Waals surface area contributed by atoms with E-state index in [9.17, 15) is 14.7 Å². The van der Waals surface area contributed by atoms with Gasteiger partial charge in [0, 0.05) is 54.0 Å². The largest absolute Gasteiger partial charge is 0.378 e. The van der Waals surface area contributed by atoms with Crippen LogP contribution in [0.1, 0.15) is 30.1 Å². The first-order valence-corrected chi connectivity index (χ1v) is 12.7. The monoisotopic (exact) mass is 535 g/mol. The number of amides is 2. The van der Waals surface area contributed by atoms with Crippen molar-refractivity contribution in [2.45, 2.75) is 25.4 Å². The number of nitrogens with one attached hydrogen (secondary N) is 1. The molecule has 0 aliphatic carbocycles. The summed E-state index contributed by atoms with van der Waals surface area (Å²) >= 11 is 3.41. The van der Waals surface area contributed by atoms with Crippen LogP contribution in [0.2, 0.25) is 0 Å². The molecule has 2 N–H and O–H groups in total. The molecule has 6 nitrogen and oxygen atoms in total. The van der Waals surface area contributed by atoms with E-state index in [0.717, 1.165) is 28.7 Å². The third-order valence-corrected chi connectivity index (χ3v) is 6.98. The highest BCUT2D eigenvalue weighted by Gasteiger charge is 2.28. The number of halogens is 1. The molecule has 0 saturated carbocycles. The molecule has 1 unspecified atom stereocenters. The zero-order chi connectivity index (χ0) is 24.6. The quantitative estimate of drug-likeness (QED) is 0.434. The van der Waals surface area contributed by atoms with Crippen LogP contribution in [0.15, 0.2) is 83.3 Å². The van der Waals surface area contributed by atoms with Gasteiger partial charge < -0.3 is 20.2 Å². The number of rotatable bonds is 8. The molecule has 0 radical (unpaired) electrons. The van der Waals surface area contributed by atoms with Crippen molar-refractivity contribution in [3.63, 3.8) is 0 Å². The summed E-state index contributed by atoms with van der Waals surface area (Å²) in [5.74, 6) is -0.258. The minimum Gasteiger partial charge on any atom is -0.378 e. The number of carbonyl (C=O) groups is 2. The molecule has 182 valence electrons. The SMILES string of the molecule is O=C(CCCc1ccccc1)Nc1ccc(N2CCN(C(=O)C(O)c3ccccc3Br)CC2)cc1. The van der Waals surface area contributed by atoms with Crippen LogP contribution in [-0.2, 0) is 16.0 Å². The Labute approximate surface area is 214 Å². The smallest absolute Gasteiger partial charge is 0.256 e. The van der Waals surface area contributed by atoms with Gasteiger partial charge in [-0.1, -0.05) is 64.5 Å². The summed E-state index contributed by atoms with van der Waals surface area (Å²) in [5, 5.41) is 13.5. The molecule has 0 spiro atoms. The molecule has 1 atom stereocenters. The molecule has 1 fully saturated rings. The van der Waals surface area contributed by atoms with E-state index in [2.05, 4.69) is 38.3 Å². The van der Waals surface area contributed by atoms with Gasteiger partial charge >= 0.3 is 0 Å². The molecular formula is C28H30BrN3O3. The van der Waals surface area contributed by atoms with Crippen molar-refractivity contribution in [2.24, 2.45) is 0 Å². The predicted molar refractivity (Wildman–Crippen MR) is 142 cm³/mol. The van der Waals surface area contributed by atoms with Crippen LogP contribution in [0, 0.1) is 0 Å². The maximum absolute atomic E-state index is 12.8. The van der Waals surface area contributed by atoms with Crippen molar-refractivity contribution >= 4 is 39.1 Å². The van der Waals surface area contributed by atoms with E-state index in [4.69, 9.17) is 0 Å². The number of benzene rings is 3. The van der Waals surface area contributed by atoms with Crippen LogP contribution in [0.5, 0.6) is 0 Å². The van der Waals surface area contributed by atoms with Crippen LogP contribution >= 0.6 is 15.9 Å². The predicted octanol–water partition coefficient (Wildman–Crippen LogP) is 4.79. The minimum absolute atomic E-state index is 0.0180. The van der Waals surface area contributed by atoms with Crippen molar-refractivity contribution < 1.29 is 14.7 Å². The Morgan fingerprint density at radius 2 is 1.54 bits per heavy atom. The number of piperazine rings is 1. The molecule has 2 amide bonds. The Hall–Kier alpha value is -3.16. The minimum atomic E-state index is -1.17. The number of aryl methyl sites for hydroxylation is 1. The first-order chi connectivity index (χ1) is 17.0. The maximum Gasteiger partial charge on any atom is 0.256 e. The highest BCUT2D eigenvalue weighted by molar-refractivity contribution is 9.10. The molecule has 7 heteroatoms. The Kier molecular flexibility index (Phi) is 8.55. The van der Waals surface area contributed by atoms with E-state index >= 15 is 0 Å². The lowest BCUT2D eigenvalue weighted by Gasteiger charge is -2.37. The van der Waals surface area contributed by atoms with Crippen LogP contribution in [0.25, 0.3) is 0 Å². The van der Waals surface area contributed by atoms with E-state index in [1.807, 2.05) is 60.7 Å². The Balaban J connectivity index is 1.23. The lowest BCUT2D eigenvalue weighted by molar-refractivity contribution is -0.140. The average molecular weight is 536 g/mol. The lowest BCUT2D eigenvalue weighted by atomic mass is 10.1. The van der Waals surface area contributed by atoms with Crippen LogP contribution < -0.4 is 10.2 Å². The molecule has 0 bridgehead atoms. The molecule has 1 saturated heterocycles. The number of aliphatic hydroxyl groups is 1. The van der Waals surface area contributed by atoms with Gasteiger partial charge in [-0.3, -0.25) is 9.59 Å². The van der Waals surface area contributed by atoms with Crippen molar-refractivity contribution in [1.82, 2.24) is 4.90 Å². The standard InChI is InChI=1S/C28H30BrN3O3/c29-25-11-5-4-10-24(25)27(34)28(35)32-19-17-31(18-20-32)23-15-13-22(14-16-23)30-26(33)12-6-9-21-7-2-1-3-8-21/h1-5,7-8,10-11,13-16,27,34H,6,9,12,17-20H2,(H,30,33). The zero-order valence-corrected chi connectivity index (χ0v) is 21.2. The molecule has 4 rings (SSSR count). The molecule has 35 heavy (non-hydrogen) atoms. The molecule has 3 aromatic rings. The first-order valence-electron chi connectivity index (χ1n) is 11.9. The third-order valence-electron chi connectivity index (χ3n) is 6.25. The summed E-state index contributed by atoms with van der Waals surface area (Å²) in [7, 11) is 0. The maximum atomic E-state index is 12.8. The van der Waals surface area contributed by atoms with E-state index in [-0.39, 0.29) is 11.8 Å². The van der Waals surface area contributed by atoms with Gasteiger partial charge in [0.2, 0.25) is 5.91 Å². The van der Waals surface area contributed by atoms with Crippen molar-refractivity contribution in [1.29, 1.82) is 0 Å². The molecule has 1 aliphatic rings. The summed E-state index contributed by atoms with van der Waals surface area (Å²) in [5.41, 5.74) is 3.65. The second-order valence-electron chi connectivity index (χ2n) is 8.67. The number of aliphatic hydroxyl groups excluding tert-OH is 1. The molecule has 3 aromatic carbocycles. The van der Waals surface area contributed by atoms with Gasteiger partial charge in [-0.2, -0.15) is 0 Å². The van der Waals surface area contributed by atoms with Gasteiger partial charge in [0.05, 0.1) is 0 Å². The third kappa shape index (κ3) is 6.71. The van der Waals surface area contributed by atoms with Crippen LogP contribution in [0.3, 0.4) is 0 Å². The van der Waals surface area contributed by atoms with Gasteiger partial charge in [0.15, 0.2) is 6.10 Å². The van der Waals surface area contributed by atoms with E-state index in [0.29, 0.717) is 38.2 Å². The zero-order valence-electron chi connectivity index (χ0n) is 19.6. The fourth-order valence-corrected chi connectivity index (χ4v) is 4.77. The topological polar surface area (TPSA) is 72.9 Å². The van der Waals surface area contributed by atoms with E-state index in [1.54, 1.807) is 11.0 Å². The average Bonchev–Trinajstić information content (AvgIpc) is 2.89. The lowest BCUT2D eigenvalue weighted by Crippen LogP contribution is -2.50. The van der Waals surface area contributed by atoms with Gasteiger partial charge in [-0.05, 0) is 48.7 Å². The van der Waals surface area contributed by atoms with Crippen molar-refractivity contribution in [3.8, 4) is 0 Å². The van der Waals surface area contributed by atoms with Gasteiger partial charge in [-0.15, -0.1) is 0 Å². The van der Waals surface area contributed by atoms with Gasteiger partial charge in [0.1, 0.15) is 0 Å². The molecular weight excluding hydrogens is 506 g/mol. The second kappa shape index (κ2) is 12.0. The molecule has 1 aliphatic heterocycles. The number of anilines is 2. The van der Waals surface area contributed by atoms with Gasteiger partial charge in [-0.25, -0.2) is 0 Å².